The SMILES string of the molecule is CCCCNC(=O)c1nc(N[C@H]2CCCC[C@H]2NC(=N)c2ccccc2)c2cc(OC)ccc2n1.Cl.Cl. The van der Waals surface area contributed by atoms with Crippen LogP contribution in [0.3, 0.4) is 0 Å². The molecular formula is C27H36Cl2N6O2. The van der Waals surface area contributed by atoms with Gasteiger partial charge in [-0.2, -0.15) is 0 Å². The smallest absolute Gasteiger partial charge is 0.289 e. The highest BCUT2D eigenvalue weighted by atomic mass is 35.5. The first-order valence-corrected chi connectivity index (χ1v) is 12.4. The van der Waals surface area contributed by atoms with Gasteiger partial charge < -0.3 is 20.7 Å². The van der Waals surface area contributed by atoms with Crippen LogP contribution in [0.1, 0.15) is 61.6 Å². The third kappa shape index (κ3) is 7.69. The third-order valence-electron chi connectivity index (χ3n) is 6.40. The van der Waals surface area contributed by atoms with E-state index in [2.05, 4.69) is 32.8 Å². The third-order valence-corrected chi connectivity index (χ3v) is 6.40. The van der Waals surface area contributed by atoms with E-state index in [4.69, 9.17) is 10.1 Å². The lowest BCUT2D eigenvalue weighted by atomic mass is 9.90. The van der Waals surface area contributed by atoms with E-state index in [-0.39, 0.29) is 48.6 Å². The van der Waals surface area contributed by atoms with Crippen molar-refractivity contribution >= 4 is 53.3 Å². The van der Waals surface area contributed by atoms with Crippen molar-refractivity contribution in [2.24, 2.45) is 0 Å². The summed E-state index contributed by atoms with van der Waals surface area (Å²) < 4.78 is 5.43. The van der Waals surface area contributed by atoms with Crippen molar-refractivity contribution in [2.75, 3.05) is 19.0 Å². The molecule has 1 aliphatic carbocycles. The van der Waals surface area contributed by atoms with E-state index in [9.17, 15) is 4.79 Å². The zero-order valence-electron chi connectivity index (χ0n) is 21.3. The maximum absolute atomic E-state index is 12.8. The summed E-state index contributed by atoms with van der Waals surface area (Å²) >= 11 is 0. The predicted octanol–water partition coefficient (Wildman–Crippen LogP) is 5.35. The number of benzene rings is 2. The van der Waals surface area contributed by atoms with Crippen LogP contribution < -0.4 is 20.7 Å². The van der Waals surface area contributed by atoms with Crippen molar-refractivity contribution < 1.29 is 9.53 Å². The molecule has 1 aromatic heterocycles. The summed E-state index contributed by atoms with van der Waals surface area (Å²) in [5.74, 6) is 1.60. The van der Waals surface area contributed by atoms with E-state index >= 15 is 0 Å². The Balaban J connectivity index is 0.00000241. The van der Waals surface area contributed by atoms with Gasteiger partial charge in [-0.25, -0.2) is 9.97 Å². The average Bonchev–Trinajstić information content (AvgIpc) is 2.90. The lowest BCUT2D eigenvalue weighted by Gasteiger charge is -2.34. The number of nitrogens with zero attached hydrogens (tertiary/aromatic N) is 2. The molecule has 0 spiro atoms. The number of halogens is 2. The summed E-state index contributed by atoms with van der Waals surface area (Å²) in [6.07, 6.45) is 5.98. The number of hydrogen-bond donors (Lipinski definition) is 4. The number of carbonyl (C=O) groups excluding carboxylic acids is 1. The molecule has 2 aromatic carbocycles. The van der Waals surface area contributed by atoms with E-state index < -0.39 is 0 Å². The topological polar surface area (TPSA) is 112 Å². The molecule has 4 N–H and O–H groups in total. The number of hydrogen-bond acceptors (Lipinski definition) is 6. The molecule has 200 valence electrons. The molecule has 1 aliphatic rings. The summed E-state index contributed by atoms with van der Waals surface area (Å²) in [7, 11) is 1.63. The molecule has 0 unspecified atom stereocenters. The van der Waals surface area contributed by atoms with E-state index in [0.717, 1.165) is 49.5 Å². The molecule has 8 nitrogen and oxygen atoms in total. The van der Waals surface area contributed by atoms with Crippen molar-refractivity contribution in [3.05, 3.63) is 59.9 Å². The second kappa shape index (κ2) is 14.6. The van der Waals surface area contributed by atoms with Crippen molar-refractivity contribution in [3.8, 4) is 5.75 Å². The van der Waals surface area contributed by atoms with Crippen LogP contribution in [0.15, 0.2) is 48.5 Å². The molecule has 0 aliphatic heterocycles. The van der Waals surface area contributed by atoms with E-state index in [1.165, 1.54) is 0 Å². The first-order chi connectivity index (χ1) is 17.1. The molecule has 0 saturated heterocycles. The molecule has 3 aromatic rings. The van der Waals surface area contributed by atoms with Crippen LogP contribution in [0.5, 0.6) is 5.75 Å². The molecule has 37 heavy (non-hydrogen) atoms. The van der Waals surface area contributed by atoms with E-state index in [1.807, 2.05) is 48.5 Å². The number of nitrogens with one attached hydrogen (secondary N) is 4. The number of rotatable bonds is 9. The Morgan fingerprint density at radius 2 is 1.78 bits per heavy atom. The Bertz CT molecular complexity index is 1180. The first kappa shape index (κ1) is 30.1. The number of ether oxygens (including phenoxy) is 1. The van der Waals surface area contributed by atoms with Gasteiger partial charge in [-0.15, -0.1) is 24.8 Å². The molecular weight excluding hydrogens is 511 g/mol. The van der Waals surface area contributed by atoms with Crippen LogP contribution in [-0.2, 0) is 0 Å². The fourth-order valence-electron chi connectivity index (χ4n) is 4.43. The highest BCUT2D eigenvalue weighted by molar-refractivity contribution is 5.97. The quantitative estimate of drug-likeness (QED) is 0.163. The summed E-state index contributed by atoms with van der Waals surface area (Å²) in [5, 5.41) is 19.3. The summed E-state index contributed by atoms with van der Waals surface area (Å²) in [5.41, 5.74) is 1.54. The predicted molar refractivity (Wildman–Crippen MR) is 154 cm³/mol. The standard InChI is InChI=1S/C27H34N6O2.2ClH/c1-3-4-16-29-27(34)26-31-21-15-14-19(35-2)17-20(21)25(33-26)32-23-13-9-8-12-22(23)30-24(28)18-10-6-5-7-11-18;;/h5-7,10-11,14-15,17,22-23H,3-4,8-9,12-13,16H2,1-2H3,(H2,28,30)(H,29,34)(H,31,32,33);2*1H/t22-,23+;;/m1../s1. The second-order valence-electron chi connectivity index (χ2n) is 8.92. The summed E-state index contributed by atoms with van der Waals surface area (Å²) in [6, 6.07) is 15.4. The van der Waals surface area contributed by atoms with Gasteiger partial charge in [0.25, 0.3) is 5.91 Å². The molecule has 0 bridgehead atoms. The highest BCUT2D eigenvalue weighted by Gasteiger charge is 2.27. The largest absolute Gasteiger partial charge is 0.497 e. The summed E-state index contributed by atoms with van der Waals surface area (Å²) in [6.45, 7) is 2.68. The van der Waals surface area contributed by atoms with E-state index in [1.54, 1.807) is 7.11 Å². The van der Waals surface area contributed by atoms with Gasteiger partial charge >= 0.3 is 0 Å². The first-order valence-electron chi connectivity index (χ1n) is 12.4. The van der Waals surface area contributed by atoms with Crippen LogP contribution in [0, 0.1) is 5.41 Å². The fourth-order valence-corrected chi connectivity index (χ4v) is 4.43. The zero-order chi connectivity index (χ0) is 24.6. The lowest BCUT2D eigenvalue weighted by Crippen LogP contribution is -2.48. The normalized spacial score (nSPS) is 16.6. The van der Waals surface area contributed by atoms with Crippen LogP contribution in [0.25, 0.3) is 10.9 Å². The molecule has 4 rings (SSSR count). The van der Waals surface area contributed by atoms with Gasteiger partial charge in [0.1, 0.15) is 17.4 Å². The monoisotopic (exact) mass is 546 g/mol. The van der Waals surface area contributed by atoms with Gasteiger partial charge in [-0.3, -0.25) is 10.2 Å². The Morgan fingerprint density at radius 1 is 1.05 bits per heavy atom. The Kier molecular flexibility index (Phi) is 11.9. The Labute approximate surface area is 230 Å². The molecule has 1 heterocycles. The van der Waals surface area contributed by atoms with Gasteiger partial charge in [0.2, 0.25) is 5.82 Å². The number of methoxy groups -OCH3 is 1. The van der Waals surface area contributed by atoms with Crippen molar-refractivity contribution in [1.29, 1.82) is 5.41 Å². The van der Waals surface area contributed by atoms with Crippen molar-refractivity contribution in [2.45, 2.75) is 57.5 Å². The Morgan fingerprint density at radius 3 is 2.49 bits per heavy atom. The van der Waals surface area contributed by atoms with Gasteiger partial charge in [0.15, 0.2) is 0 Å². The second-order valence-corrected chi connectivity index (χ2v) is 8.92. The van der Waals surface area contributed by atoms with Crippen LogP contribution in [-0.4, -0.2) is 47.4 Å². The number of amides is 1. The van der Waals surface area contributed by atoms with Crippen LogP contribution >= 0.6 is 24.8 Å². The number of fused-ring (bicyclic) bond motifs is 1. The molecule has 2 atom stereocenters. The summed E-state index contributed by atoms with van der Waals surface area (Å²) in [4.78, 5) is 21.9. The maximum Gasteiger partial charge on any atom is 0.289 e. The van der Waals surface area contributed by atoms with Crippen LogP contribution in [0.4, 0.5) is 5.82 Å². The minimum Gasteiger partial charge on any atom is -0.497 e. The van der Waals surface area contributed by atoms with Crippen LogP contribution in [0.2, 0.25) is 0 Å². The minimum absolute atomic E-state index is 0. The number of unbranched alkanes of at least 4 members (excludes halogenated alkanes) is 1. The van der Waals surface area contributed by atoms with Crippen molar-refractivity contribution in [1.82, 2.24) is 20.6 Å². The van der Waals surface area contributed by atoms with Crippen molar-refractivity contribution in [3.63, 3.8) is 0 Å². The average molecular weight is 548 g/mol. The zero-order valence-corrected chi connectivity index (χ0v) is 22.9. The molecule has 1 fully saturated rings. The molecule has 0 radical (unpaired) electrons. The molecule has 10 heteroatoms. The van der Waals surface area contributed by atoms with E-state index in [0.29, 0.717) is 29.5 Å². The maximum atomic E-state index is 12.8. The number of aromatic nitrogens is 2. The van der Waals surface area contributed by atoms with Gasteiger partial charge in [-0.1, -0.05) is 56.5 Å². The number of anilines is 1. The van der Waals surface area contributed by atoms with Gasteiger partial charge in [0, 0.05) is 29.6 Å². The van der Waals surface area contributed by atoms with Gasteiger partial charge in [0.05, 0.1) is 12.6 Å². The number of carbonyl (C=O) groups is 1. The molecule has 1 amide bonds. The highest BCUT2D eigenvalue weighted by Crippen LogP contribution is 2.29. The van der Waals surface area contributed by atoms with Gasteiger partial charge in [-0.05, 0) is 37.5 Å². The number of amidine groups is 1. The molecule has 1 saturated carbocycles. The Hall–Kier alpha value is -3.10. The minimum atomic E-state index is -0.275. The fraction of sp³-hybridized carbons (Fsp3) is 0.407. The lowest BCUT2D eigenvalue weighted by molar-refractivity contribution is 0.0943.